The van der Waals surface area contributed by atoms with Gasteiger partial charge in [-0.05, 0) is 25.7 Å². The first-order valence-corrected chi connectivity index (χ1v) is 8.71. The van der Waals surface area contributed by atoms with Crippen molar-refractivity contribution in [1.82, 2.24) is 4.98 Å². The Kier molecular flexibility index (Phi) is 3.93. The van der Waals surface area contributed by atoms with Gasteiger partial charge in [0.15, 0.2) is 9.34 Å². The van der Waals surface area contributed by atoms with Crippen LogP contribution in [0.2, 0.25) is 0 Å². The lowest BCUT2D eigenvalue weighted by Gasteiger charge is -2.24. The van der Waals surface area contributed by atoms with Gasteiger partial charge in [0, 0.05) is 17.1 Å². The minimum Gasteiger partial charge on any atom is -0.302 e. The Bertz CT molecular complexity index is 564. The Hall–Kier alpha value is -0.660. The zero-order chi connectivity index (χ0) is 13.3. The molecule has 0 unspecified atom stereocenters. The fourth-order valence-corrected chi connectivity index (χ4v) is 4.16. The molecule has 8 heteroatoms. The third-order valence-corrected chi connectivity index (χ3v) is 6.17. The van der Waals surface area contributed by atoms with Crippen LogP contribution in [0.25, 0.3) is 0 Å². The Labute approximate surface area is 114 Å². The molecule has 5 nitrogen and oxygen atoms in total. The zero-order valence-electron chi connectivity index (χ0n) is 9.77. The molecule has 1 N–H and O–H groups in total. The van der Waals surface area contributed by atoms with Crippen molar-refractivity contribution in [1.29, 1.82) is 0 Å². The van der Waals surface area contributed by atoms with Gasteiger partial charge in [-0.15, -0.1) is 0 Å². The van der Waals surface area contributed by atoms with Gasteiger partial charge in [0.05, 0.1) is 5.69 Å². The quantitative estimate of drug-likeness (QED) is 0.867. The average molecular weight is 309 g/mol. The summed E-state index contributed by atoms with van der Waals surface area (Å²) in [5, 5.41) is 2.91. The molecule has 1 aliphatic carbocycles. The van der Waals surface area contributed by atoms with Crippen molar-refractivity contribution < 1.29 is 13.2 Å². The zero-order valence-corrected chi connectivity index (χ0v) is 12.2. The number of nitrogens with one attached hydrogen (secondary N) is 1. The number of rotatable bonds is 4. The molecule has 1 heterocycles. The van der Waals surface area contributed by atoms with E-state index in [1.165, 1.54) is 6.42 Å². The summed E-state index contributed by atoms with van der Waals surface area (Å²) in [6, 6.07) is 0. The maximum absolute atomic E-state index is 11.7. The van der Waals surface area contributed by atoms with E-state index >= 15 is 0 Å². The second-order valence-corrected chi connectivity index (χ2v) is 8.14. The van der Waals surface area contributed by atoms with Gasteiger partial charge in [-0.2, -0.15) is 0 Å². The standard InChI is InChI=1S/C10H13ClN2O3S2/c1-6-9(18(11,15)16)17-10(12-6)13-8(14)5-7-3-2-4-7/h7H,2-5H2,1H3,(H,12,13,14). The van der Waals surface area contributed by atoms with Crippen LogP contribution in [0, 0.1) is 12.8 Å². The molecular formula is C10H13ClN2O3S2. The number of aryl methyl sites for hydroxylation is 1. The number of amides is 1. The van der Waals surface area contributed by atoms with Crippen LogP contribution in [-0.4, -0.2) is 19.3 Å². The van der Waals surface area contributed by atoms with E-state index in [1.807, 2.05) is 0 Å². The van der Waals surface area contributed by atoms with Crippen molar-refractivity contribution in [3.05, 3.63) is 5.69 Å². The Balaban J connectivity index is 2.03. The van der Waals surface area contributed by atoms with Crippen LogP contribution in [0.5, 0.6) is 0 Å². The first-order chi connectivity index (χ1) is 8.36. The van der Waals surface area contributed by atoms with Gasteiger partial charge in [0.25, 0.3) is 9.05 Å². The average Bonchev–Trinajstić information content (AvgIpc) is 2.52. The number of thiazole rings is 1. The lowest BCUT2D eigenvalue weighted by atomic mass is 9.83. The normalized spacial score (nSPS) is 16.3. The number of hydrogen-bond donors (Lipinski definition) is 1. The molecule has 1 aromatic rings. The fourth-order valence-electron chi connectivity index (χ4n) is 1.79. The van der Waals surface area contributed by atoms with Gasteiger partial charge in [0.2, 0.25) is 5.91 Å². The monoisotopic (exact) mass is 308 g/mol. The van der Waals surface area contributed by atoms with Gasteiger partial charge >= 0.3 is 0 Å². The minimum absolute atomic E-state index is 0.0110. The van der Waals surface area contributed by atoms with Crippen molar-refractivity contribution in [3.8, 4) is 0 Å². The van der Waals surface area contributed by atoms with Crippen molar-refractivity contribution in [2.45, 2.75) is 36.8 Å². The molecule has 18 heavy (non-hydrogen) atoms. The molecule has 1 aromatic heterocycles. The summed E-state index contributed by atoms with van der Waals surface area (Å²) in [6.45, 7) is 1.55. The van der Waals surface area contributed by atoms with Crippen LogP contribution in [0.1, 0.15) is 31.4 Å². The number of anilines is 1. The van der Waals surface area contributed by atoms with E-state index in [2.05, 4.69) is 10.3 Å². The van der Waals surface area contributed by atoms with E-state index in [0.717, 1.165) is 24.2 Å². The molecule has 0 bridgehead atoms. The largest absolute Gasteiger partial charge is 0.302 e. The summed E-state index contributed by atoms with van der Waals surface area (Å²) >= 11 is 0.885. The van der Waals surface area contributed by atoms with E-state index in [1.54, 1.807) is 6.92 Å². The molecule has 1 saturated carbocycles. The van der Waals surface area contributed by atoms with Crippen LogP contribution in [-0.2, 0) is 13.8 Å². The Morgan fingerprint density at radius 1 is 1.56 bits per heavy atom. The number of nitrogens with zero attached hydrogens (tertiary/aromatic N) is 1. The summed E-state index contributed by atoms with van der Waals surface area (Å²) in [5.41, 5.74) is 0.314. The molecule has 0 aliphatic heterocycles. The first-order valence-electron chi connectivity index (χ1n) is 5.58. The third-order valence-electron chi connectivity index (χ3n) is 2.92. The van der Waals surface area contributed by atoms with E-state index in [-0.39, 0.29) is 15.2 Å². The van der Waals surface area contributed by atoms with Crippen LogP contribution in [0.4, 0.5) is 5.13 Å². The van der Waals surface area contributed by atoms with Crippen molar-refractivity contribution >= 4 is 42.1 Å². The molecule has 2 rings (SSSR count). The highest BCUT2D eigenvalue weighted by Gasteiger charge is 2.23. The second-order valence-electron chi connectivity index (χ2n) is 4.38. The molecule has 1 aliphatic rings. The first kappa shape index (κ1) is 13.8. The van der Waals surface area contributed by atoms with E-state index in [0.29, 0.717) is 18.0 Å². The van der Waals surface area contributed by atoms with Crippen LogP contribution in [0.15, 0.2) is 4.21 Å². The molecule has 1 fully saturated rings. The Morgan fingerprint density at radius 3 is 2.67 bits per heavy atom. The highest BCUT2D eigenvalue weighted by molar-refractivity contribution is 8.15. The van der Waals surface area contributed by atoms with Crippen LogP contribution in [0.3, 0.4) is 0 Å². The van der Waals surface area contributed by atoms with Gasteiger partial charge in [-0.3, -0.25) is 4.79 Å². The van der Waals surface area contributed by atoms with Gasteiger partial charge in [-0.1, -0.05) is 17.8 Å². The maximum Gasteiger partial charge on any atom is 0.272 e. The Morgan fingerprint density at radius 2 is 2.22 bits per heavy atom. The minimum atomic E-state index is -3.79. The van der Waals surface area contributed by atoms with Crippen molar-refractivity contribution in [2.75, 3.05) is 5.32 Å². The summed E-state index contributed by atoms with van der Waals surface area (Å²) in [5.74, 6) is 0.342. The fraction of sp³-hybridized carbons (Fsp3) is 0.600. The van der Waals surface area contributed by atoms with Crippen molar-refractivity contribution in [3.63, 3.8) is 0 Å². The van der Waals surface area contributed by atoms with Gasteiger partial charge in [0.1, 0.15) is 0 Å². The molecule has 0 spiro atoms. The van der Waals surface area contributed by atoms with E-state index < -0.39 is 9.05 Å². The van der Waals surface area contributed by atoms with Crippen molar-refractivity contribution in [2.24, 2.45) is 5.92 Å². The topological polar surface area (TPSA) is 76.1 Å². The molecule has 0 aromatic carbocycles. The highest BCUT2D eigenvalue weighted by atomic mass is 35.7. The van der Waals surface area contributed by atoms with E-state index in [9.17, 15) is 13.2 Å². The highest BCUT2D eigenvalue weighted by Crippen LogP contribution is 2.32. The van der Waals surface area contributed by atoms with Crippen LogP contribution < -0.4 is 5.32 Å². The number of aromatic nitrogens is 1. The summed E-state index contributed by atoms with van der Waals surface area (Å²) in [6.07, 6.45) is 3.84. The number of carbonyl (C=O) groups is 1. The lowest BCUT2D eigenvalue weighted by Crippen LogP contribution is -2.20. The summed E-state index contributed by atoms with van der Waals surface area (Å²) in [4.78, 5) is 15.7. The number of carbonyl (C=O) groups excluding carboxylic acids is 1. The maximum atomic E-state index is 11.7. The molecule has 0 atom stereocenters. The SMILES string of the molecule is Cc1nc(NC(=O)CC2CCC2)sc1S(=O)(=O)Cl. The molecule has 0 radical (unpaired) electrons. The molecule has 100 valence electrons. The molecule has 1 amide bonds. The number of hydrogen-bond acceptors (Lipinski definition) is 5. The lowest BCUT2D eigenvalue weighted by molar-refractivity contribution is -0.117. The third kappa shape index (κ3) is 3.21. The van der Waals surface area contributed by atoms with Gasteiger partial charge < -0.3 is 5.32 Å². The smallest absolute Gasteiger partial charge is 0.272 e. The summed E-state index contributed by atoms with van der Waals surface area (Å²) in [7, 11) is 1.47. The second kappa shape index (κ2) is 5.14. The predicted octanol–water partition coefficient (Wildman–Crippen LogP) is 2.51. The predicted molar refractivity (Wildman–Crippen MR) is 70.5 cm³/mol. The molecular weight excluding hydrogens is 296 g/mol. The summed E-state index contributed by atoms with van der Waals surface area (Å²) < 4.78 is 22.4. The molecule has 0 saturated heterocycles. The van der Waals surface area contributed by atoms with Gasteiger partial charge in [-0.25, -0.2) is 13.4 Å². The van der Waals surface area contributed by atoms with E-state index in [4.69, 9.17) is 10.7 Å². The number of halogens is 1. The van der Waals surface area contributed by atoms with Crippen LogP contribution >= 0.6 is 22.0 Å².